The minimum absolute atomic E-state index is 0.0208. The van der Waals surface area contributed by atoms with E-state index >= 15 is 0 Å². The molecule has 0 saturated heterocycles. The van der Waals surface area contributed by atoms with Crippen molar-refractivity contribution >= 4 is 17.6 Å². The van der Waals surface area contributed by atoms with Crippen LogP contribution in [0.25, 0.3) is 11.4 Å². The molecule has 1 atom stereocenters. The van der Waals surface area contributed by atoms with E-state index in [1.165, 1.54) is 10.9 Å². The number of carbonyl (C=O) groups is 1. The van der Waals surface area contributed by atoms with Crippen molar-refractivity contribution < 1.29 is 23.1 Å². The Kier molecular flexibility index (Phi) is 5.78. The Labute approximate surface area is 185 Å². The number of carboxylic acid groups (broad SMARTS) is 1. The molecule has 4 aromatic rings. The van der Waals surface area contributed by atoms with E-state index in [-0.39, 0.29) is 11.6 Å². The molecule has 4 rings (SSSR count). The second-order valence-electron chi connectivity index (χ2n) is 7.20. The van der Waals surface area contributed by atoms with E-state index < -0.39 is 23.8 Å². The molecule has 1 unspecified atom stereocenters. The lowest BCUT2D eigenvalue weighted by Gasteiger charge is -2.12. The number of halogens is 3. The maximum Gasteiger partial charge on any atom is 0.416 e. The minimum atomic E-state index is -4.50. The quantitative estimate of drug-likeness (QED) is 0.442. The van der Waals surface area contributed by atoms with Gasteiger partial charge in [0.25, 0.3) is 0 Å². The predicted molar refractivity (Wildman–Crippen MR) is 113 cm³/mol. The zero-order valence-electron chi connectivity index (χ0n) is 17.2. The molecule has 11 heteroatoms. The van der Waals surface area contributed by atoms with Crippen LogP contribution in [0.1, 0.15) is 22.7 Å². The third-order valence-corrected chi connectivity index (χ3v) is 4.70. The van der Waals surface area contributed by atoms with Gasteiger partial charge in [-0.2, -0.15) is 13.2 Å². The Hall–Kier alpha value is -4.28. The summed E-state index contributed by atoms with van der Waals surface area (Å²) >= 11 is 0. The average molecular weight is 454 g/mol. The summed E-state index contributed by atoms with van der Waals surface area (Å²) in [6.45, 7) is 1.78. The van der Waals surface area contributed by atoms with Crippen molar-refractivity contribution in [3.05, 3.63) is 83.7 Å². The molecular weight excluding hydrogens is 437 g/mol. The molecule has 0 spiro atoms. The van der Waals surface area contributed by atoms with Crippen LogP contribution in [0.5, 0.6) is 0 Å². The Morgan fingerprint density at radius 3 is 2.52 bits per heavy atom. The third kappa shape index (κ3) is 4.97. The molecule has 3 heterocycles. The molecule has 0 aliphatic carbocycles. The standard InChI is InChI=1S/C22H17F3N6O2/c1-13-9-16(27-19(10-13)28-18-11-15(7-8-26-18)22(23,24)25)17-12-31(30-29-17)20(21(32)33)14-5-3-2-4-6-14/h2-12,20H,1H3,(H,32,33)(H,26,27,28). The molecule has 2 N–H and O–H groups in total. The van der Waals surface area contributed by atoms with Crippen LogP contribution in [0.2, 0.25) is 0 Å². The number of hydrogen-bond acceptors (Lipinski definition) is 6. The number of anilines is 2. The van der Waals surface area contributed by atoms with Gasteiger partial charge < -0.3 is 10.4 Å². The molecule has 0 aliphatic rings. The van der Waals surface area contributed by atoms with Crippen molar-refractivity contribution in [2.75, 3.05) is 5.32 Å². The van der Waals surface area contributed by atoms with Crippen molar-refractivity contribution in [3.8, 4) is 11.4 Å². The molecule has 3 aromatic heterocycles. The number of aryl methyl sites for hydroxylation is 1. The van der Waals surface area contributed by atoms with Gasteiger partial charge in [0.1, 0.15) is 17.3 Å². The fourth-order valence-corrected chi connectivity index (χ4v) is 3.23. The smallest absolute Gasteiger partial charge is 0.416 e. The van der Waals surface area contributed by atoms with Crippen LogP contribution in [0, 0.1) is 6.92 Å². The lowest BCUT2D eigenvalue weighted by molar-refractivity contribution is -0.140. The molecule has 1 aromatic carbocycles. The monoisotopic (exact) mass is 454 g/mol. The van der Waals surface area contributed by atoms with Gasteiger partial charge in [-0.3, -0.25) is 0 Å². The van der Waals surface area contributed by atoms with Gasteiger partial charge in [-0.25, -0.2) is 19.4 Å². The molecule has 168 valence electrons. The second-order valence-corrected chi connectivity index (χ2v) is 7.20. The second kappa shape index (κ2) is 8.69. The fourth-order valence-electron chi connectivity index (χ4n) is 3.23. The number of rotatable bonds is 6. The predicted octanol–water partition coefficient (Wildman–Crippen LogP) is 4.48. The van der Waals surface area contributed by atoms with E-state index in [4.69, 9.17) is 0 Å². The molecule has 0 aliphatic heterocycles. The van der Waals surface area contributed by atoms with E-state index in [1.54, 1.807) is 49.4 Å². The molecule has 0 bridgehead atoms. The Bertz CT molecular complexity index is 1290. The van der Waals surface area contributed by atoms with Crippen LogP contribution in [0.3, 0.4) is 0 Å². The number of pyridine rings is 2. The van der Waals surface area contributed by atoms with Gasteiger partial charge in [0.05, 0.1) is 17.5 Å². The van der Waals surface area contributed by atoms with Crippen LogP contribution in [-0.2, 0) is 11.0 Å². The van der Waals surface area contributed by atoms with Gasteiger partial charge in [-0.15, -0.1) is 5.10 Å². The average Bonchev–Trinajstić information content (AvgIpc) is 3.23. The van der Waals surface area contributed by atoms with Gasteiger partial charge in [0, 0.05) is 6.20 Å². The number of nitrogens with zero attached hydrogens (tertiary/aromatic N) is 5. The molecule has 0 fully saturated rings. The first-order chi connectivity index (χ1) is 15.7. The van der Waals surface area contributed by atoms with Gasteiger partial charge in [0.2, 0.25) is 0 Å². The Balaban J connectivity index is 1.64. The first-order valence-electron chi connectivity index (χ1n) is 9.69. The van der Waals surface area contributed by atoms with E-state index in [0.717, 1.165) is 23.9 Å². The maximum atomic E-state index is 13.0. The van der Waals surface area contributed by atoms with Crippen LogP contribution in [0.15, 0.2) is 67.0 Å². The summed E-state index contributed by atoms with van der Waals surface area (Å²) in [4.78, 5) is 20.2. The topological polar surface area (TPSA) is 106 Å². The highest BCUT2D eigenvalue weighted by atomic mass is 19.4. The normalized spacial score (nSPS) is 12.4. The first kappa shape index (κ1) is 21.9. The van der Waals surface area contributed by atoms with Crippen LogP contribution in [-0.4, -0.2) is 36.0 Å². The molecule has 0 saturated carbocycles. The van der Waals surface area contributed by atoms with E-state index in [0.29, 0.717) is 17.0 Å². The molecule has 0 radical (unpaired) electrons. The van der Waals surface area contributed by atoms with Crippen LogP contribution < -0.4 is 5.32 Å². The van der Waals surface area contributed by atoms with Crippen molar-refractivity contribution in [2.45, 2.75) is 19.1 Å². The number of benzene rings is 1. The Morgan fingerprint density at radius 1 is 1.06 bits per heavy atom. The number of alkyl halides is 3. The van der Waals surface area contributed by atoms with Gasteiger partial charge >= 0.3 is 12.1 Å². The molecule has 33 heavy (non-hydrogen) atoms. The zero-order valence-corrected chi connectivity index (χ0v) is 17.2. The maximum absolute atomic E-state index is 13.0. The molecule has 8 nitrogen and oxygen atoms in total. The largest absolute Gasteiger partial charge is 0.479 e. The van der Waals surface area contributed by atoms with E-state index in [2.05, 4.69) is 25.6 Å². The summed E-state index contributed by atoms with van der Waals surface area (Å²) in [6.07, 6.45) is -1.98. The third-order valence-electron chi connectivity index (χ3n) is 4.70. The lowest BCUT2D eigenvalue weighted by atomic mass is 10.1. The summed E-state index contributed by atoms with van der Waals surface area (Å²) in [7, 11) is 0. The summed E-state index contributed by atoms with van der Waals surface area (Å²) in [5, 5.41) is 20.5. The van der Waals surface area contributed by atoms with Crippen molar-refractivity contribution in [2.24, 2.45) is 0 Å². The van der Waals surface area contributed by atoms with Crippen molar-refractivity contribution in [1.82, 2.24) is 25.0 Å². The van der Waals surface area contributed by atoms with E-state index in [9.17, 15) is 23.1 Å². The summed E-state index contributed by atoms with van der Waals surface area (Å²) in [5.41, 5.74) is 1.11. The SMILES string of the molecule is Cc1cc(Nc2cc(C(F)(F)F)ccn2)nc(-c2cn(C(C(=O)O)c3ccccc3)nn2)c1. The van der Waals surface area contributed by atoms with Gasteiger partial charge in [0.15, 0.2) is 6.04 Å². The van der Waals surface area contributed by atoms with Crippen molar-refractivity contribution in [1.29, 1.82) is 0 Å². The molecular formula is C22H17F3N6O2. The molecule has 0 amide bonds. The number of aromatic nitrogens is 5. The zero-order chi connectivity index (χ0) is 23.6. The summed E-state index contributed by atoms with van der Waals surface area (Å²) in [5.74, 6) is -0.871. The van der Waals surface area contributed by atoms with Gasteiger partial charge in [-0.1, -0.05) is 35.5 Å². The Morgan fingerprint density at radius 2 is 1.82 bits per heavy atom. The first-order valence-corrected chi connectivity index (χ1v) is 9.69. The summed E-state index contributed by atoms with van der Waals surface area (Å²) in [6, 6.07) is 12.6. The number of carboxylic acids is 1. The number of aliphatic carboxylic acids is 1. The van der Waals surface area contributed by atoms with Crippen LogP contribution >= 0.6 is 0 Å². The van der Waals surface area contributed by atoms with Crippen LogP contribution in [0.4, 0.5) is 24.8 Å². The van der Waals surface area contributed by atoms with E-state index in [1.807, 2.05) is 0 Å². The highest BCUT2D eigenvalue weighted by Crippen LogP contribution is 2.31. The lowest BCUT2D eigenvalue weighted by Crippen LogP contribution is -2.20. The summed E-state index contributed by atoms with van der Waals surface area (Å²) < 4.78 is 40.1. The number of hydrogen-bond donors (Lipinski definition) is 2. The highest BCUT2D eigenvalue weighted by molar-refractivity contribution is 5.76. The number of nitrogens with one attached hydrogen (secondary N) is 1. The fraction of sp³-hybridized carbons (Fsp3) is 0.136. The highest BCUT2D eigenvalue weighted by Gasteiger charge is 2.30. The minimum Gasteiger partial charge on any atom is -0.479 e. The van der Waals surface area contributed by atoms with Crippen molar-refractivity contribution in [3.63, 3.8) is 0 Å². The van der Waals surface area contributed by atoms with Gasteiger partial charge in [-0.05, 0) is 42.3 Å².